The lowest BCUT2D eigenvalue weighted by Gasteiger charge is -2.30. The smallest absolute Gasteiger partial charge is 0.227 e. The number of thiophene rings is 1. The quantitative estimate of drug-likeness (QED) is 0.807. The Hall–Kier alpha value is -1.85. The van der Waals surface area contributed by atoms with E-state index in [0.29, 0.717) is 12.3 Å². The number of ether oxygens (including phenoxy) is 1. The van der Waals surface area contributed by atoms with E-state index in [1.54, 1.807) is 23.3 Å². The number of methoxy groups -OCH3 is 1. The molecule has 2 aromatic rings. The van der Waals surface area contributed by atoms with Gasteiger partial charge in [0.1, 0.15) is 5.75 Å². The molecule has 1 aromatic heterocycles. The summed E-state index contributed by atoms with van der Waals surface area (Å²) < 4.78 is 5.33. The van der Waals surface area contributed by atoms with Crippen molar-refractivity contribution >= 4 is 17.2 Å². The second-order valence-corrected chi connectivity index (χ2v) is 6.17. The molecule has 5 heteroatoms. The first-order valence-electron chi connectivity index (χ1n) is 7.72. The topological polar surface area (TPSA) is 49.8 Å². The maximum absolute atomic E-state index is 12.8. The van der Waals surface area contributed by atoms with Crippen molar-refractivity contribution in [3.8, 4) is 5.75 Å². The van der Waals surface area contributed by atoms with Crippen LogP contribution in [0.25, 0.3) is 0 Å². The zero-order chi connectivity index (χ0) is 16.7. The van der Waals surface area contributed by atoms with Gasteiger partial charge in [0.25, 0.3) is 0 Å². The number of aliphatic hydroxyl groups excluding tert-OH is 1. The van der Waals surface area contributed by atoms with E-state index < -0.39 is 0 Å². The van der Waals surface area contributed by atoms with Crippen molar-refractivity contribution in [2.75, 3.05) is 13.7 Å². The third-order valence-corrected chi connectivity index (χ3v) is 4.64. The average molecular weight is 333 g/mol. The van der Waals surface area contributed by atoms with Gasteiger partial charge in [-0.15, -0.1) is 0 Å². The third kappa shape index (κ3) is 4.56. The van der Waals surface area contributed by atoms with Crippen molar-refractivity contribution < 1.29 is 14.6 Å². The molecule has 1 N–H and O–H groups in total. The zero-order valence-corrected chi connectivity index (χ0v) is 14.4. The lowest BCUT2D eigenvalue weighted by molar-refractivity contribution is -0.134. The van der Waals surface area contributed by atoms with E-state index in [1.165, 1.54) is 0 Å². The molecule has 0 saturated heterocycles. The molecular weight excluding hydrogens is 310 g/mol. The van der Waals surface area contributed by atoms with Crippen LogP contribution in [0, 0.1) is 0 Å². The predicted molar refractivity (Wildman–Crippen MR) is 92.7 cm³/mol. The highest BCUT2D eigenvalue weighted by molar-refractivity contribution is 7.07. The highest BCUT2D eigenvalue weighted by Crippen LogP contribution is 2.21. The van der Waals surface area contributed by atoms with Crippen LogP contribution in [0.3, 0.4) is 0 Å². The minimum absolute atomic E-state index is 0.00148. The van der Waals surface area contributed by atoms with Crippen LogP contribution < -0.4 is 4.74 Å². The van der Waals surface area contributed by atoms with Crippen molar-refractivity contribution in [1.82, 2.24) is 4.90 Å². The first-order chi connectivity index (χ1) is 11.2. The first kappa shape index (κ1) is 17.5. The van der Waals surface area contributed by atoms with Gasteiger partial charge in [0.05, 0.1) is 26.2 Å². The summed E-state index contributed by atoms with van der Waals surface area (Å²) in [4.78, 5) is 14.6. The van der Waals surface area contributed by atoms with Crippen LogP contribution in [-0.4, -0.2) is 35.7 Å². The molecule has 4 nitrogen and oxygen atoms in total. The Morgan fingerprint density at radius 3 is 2.74 bits per heavy atom. The van der Waals surface area contributed by atoms with E-state index >= 15 is 0 Å². The van der Waals surface area contributed by atoms with Gasteiger partial charge in [0.2, 0.25) is 5.91 Å². The lowest BCUT2D eigenvalue weighted by Crippen LogP contribution is -2.42. The number of rotatable bonds is 8. The van der Waals surface area contributed by atoms with E-state index in [-0.39, 0.29) is 25.0 Å². The summed E-state index contributed by atoms with van der Waals surface area (Å²) >= 11 is 1.61. The van der Waals surface area contributed by atoms with Gasteiger partial charge < -0.3 is 14.7 Å². The summed E-state index contributed by atoms with van der Waals surface area (Å²) in [5, 5.41) is 13.7. The van der Waals surface area contributed by atoms with Crippen LogP contribution in [0.2, 0.25) is 0 Å². The van der Waals surface area contributed by atoms with Gasteiger partial charge in [-0.05, 0) is 34.9 Å². The molecule has 0 aliphatic rings. The highest BCUT2D eigenvalue weighted by atomic mass is 32.1. The van der Waals surface area contributed by atoms with Crippen molar-refractivity contribution in [2.45, 2.75) is 32.4 Å². The summed E-state index contributed by atoms with van der Waals surface area (Å²) in [5.74, 6) is 0.718. The van der Waals surface area contributed by atoms with Crippen molar-refractivity contribution in [3.63, 3.8) is 0 Å². The standard InChI is InChI=1S/C18H23NO3S/c1-3-16(12-20)19(11-14-8-9-23-13-14)18(21)10-15-6-4-5-7-17(15)22-2/h4-9,13,16,20H,3,10-12H2,1-2H3/t16-/m0/s1. The Morgan fingerprint density at radius 1 is 1.35 bits per heavy atom. The molecule has 0 spiro atoms. The normalized spacial score (nSPS) is 12.0. The Balaban J connectivity index is 2.18. The summed E-state index contributed by atoms with van der Waals surface area (Å²) in [6.07, 6.45) is 0.989. The highest BCUT2D eigenvalue weighted by Gasteiger charge is 2.23. The number of aliphatic hydroxyl groups is 1. The molecule has 0 fully saturated rings. The number of hydrogen-bond donors (Lipinski definition) is 1. The second-order valence-electron chi connectivity index (χ2n) is 5.39. The minimum atomic E-state index is -0.169. The number of carbonyl (C=O) groups excluding carboxylic acids is 1. The maximum Gasteiger partial charge on any atom is 0.227 e. The van der Waals surface area contributed by atoms with Crippen LogP contribution in [0.4, 0.5) is 0 Å². The number of para-hydroxylation sites is 1. The summed E-state index contributed by atoms with van der Waals surface area (Å²) in [6, 6.07) is 9.39. The second kappa shape index (κ2) is 8.70. The molecule has 1 heterocycles. The number of benzene rings is 1. The maximum atomic E-state index is 12.8. The van der Waals surface area contributed by atoms with Crippen LogP contribution in [-0.2, 0) is 17.8 Å². The monoisotopic (exact) mass is 333 g/mol. The molecule has 1 amide bonds. The summed E-state index contributed by atoms with van der Waals surface area (Å²) in [5.41, 5.74) is 1.96. The van der Waals surface area contributed by atoms with E-state index in [0.717, 1.165) is 17.5 Å². The average Bonchev–Trinajstić information content (AvgIpc) is 3.08. The van der Waals surface area contributed by atoms with Crippen LogP contribution in [0.5, 0.6) is 5.75 Å². The molecule has 0 bridgehead atoms. The van der Waals surface area contributed by atoms with Crippen molar-refractivity contribution in [1.29, 1.82) is 0 Å². The third-order valence-electron chi connectivity index (χ3n) is 3.91. The zero-order valence-electron chi connectivity index (χ0n) is 13.6. The largest absolute Gasteiger partial charge is 0.496 e. The number of amides is 1. The van der Waals surface area contributed by atoms with Gasteiger partial charge in [-0.1, -0.05) is 25.1 Å². The van der Waals surface area contributed by atoms with Crippen LogP contribution in [0.15, 0.2) is 41.1 Å². The fraction of sp³-hybridized carbons (Fsp3) is 0.389. The Morgan fingerprint density at radius 2 is 2.13 bits per heavy atom. The molecule has 0 aliphatic carbocycles. The Kier molecular flexibility index (Phi) is 6.62. The molecular formula is C18H23NO3S. The van der Waals surface area contributed by atoms with Crippen molar-refractivity contribution in [3.05, 3.63) is 52.2 Å². The summed E-state index contributed by atoms with van der Waals surface area (Å²) in [6.45, 7) is 2.48. The van der Waals surface area contributed by atoms with Gasteiger partial charge >= 0.3 is 0 Å². The number of hydrogen-bond acceptors (Lipinski definition) is 4. The molecule has 0 unspecified atom stereocenters. The van der Waals surface area contributed by atoms with Gasteiger partial charge in [-0.3, -0.25) is 4.79 Å². The van der Waals surface area contributed by atoms with Gasteiger partial charge in [-0.2, -0.15) is 11.3 Å². The van der Waals surface area contributed by atoms with E-state index in [9.17, 15) is 9.90 Å². The predicted octanol–water partition coefficient (Wildman–Crippen LogP) is 3.10. The van der Waals surface area contributed by atoms with E-state index in [2.05, 4.69) is 0 Å². The minimum Gasteiger partial charge on any atom is -0.496 e. The van der Waals surface area contributed by atoms with Crippen molar-refractivity contribution in [2.24, 2.45) is 0 Å². The lowest BCUT2D eigenvalue weighted by atomic mass is 10.1. The first-order valence-corrected chi connectivity index (χ1v) is 8.67. The molecule has 1 aromatic carbocycles. The molecule has 1 atom stereocenters. The van der Waals surface area contributed by atoms with Gasteiger partial charge in [-0.25, -0.2) is 0 Å². The molecule has 0 saturated carbocycles. The van der Waals surface area contributed by atoms with Crippen LogP contribution in [0.1, 0.15) is 24.5 Å². The number of carbonyl (C=O) groups is 1. The molecule has 0 radical (unpaired) electrons. The van der Waals surface area contributed by atoms with Gasteiger partial charge in [0, 0.05) is 12.1 Å². The SMILES string of the molecule is CC[C@@H](CO)N(Cc1ccsc1)C(=O)Cc1ccccc1OC. The number of nitrogens with zero attached hydrogens (tertiary/aromatic N) is 1. The van der Waals surface area contributed by atoms with Crippen LogP contribution >= 0.6 is 11.3 Å². The Bertz CT molecular complexity index is 608. The Labute approximate surface area is 141 Å². The van der Waals surface area contributed by atoms with Gasteiger partial charge in [0.15, 0.2) is 0 Å². The fourth-order valence-corrected chi connectivity index (χ4v) is 3.22. The summed E-state index contributed by atoms with van der Waals surface area (Å²) in [7, 11) is 1.61. The fourth-order valence-electron chi connectivity index (χ4n) is 2.56. The van der Waals surface area contributed by atoms with E-state index in [4.69, 9.17) is 4.74 Å². The van der Waals surface area contributed by atoms with E-state index in [1.807, 2.05) is 48.0 Å². The molecule has 0 aliphatic heterocycles. The molecule has 2 rings (SSSR count). The molecule has 23 heavy (non-hydrogen) atoms. The molecule has 124 valence electrons.